The Bertz CT molecular complexity index is 1040. The Labute approximate surface area is 157 Å². The maximum Gasteiger partial charge on any atom is 0.335 e. The Morgan fingerprint density at radius 2 is 1.93 bits per heavy atom. The summed E-state index contributed by atoms with van der Waals surface area (Å²) < 4.78 is 12.8. The Morgan fingerprint density at radius 3 is 2.52 bits per heavy atom. The number of aromatic carboxylic acids is 1. The number of rotatable bonds is 6. The van der Waals surface area contributed by atoms with Gasteiger partial charge in [0.2, 0.25) is 0 Å². The normalized spacial score (nSPS) is 10.7. The van der Waals surface area contributed by atoms with Gasteiger partial charge in [0, 0.05) is 29.9 Å². The molecule has 138 valence electrons. The topological polar surface area (TPSA) is 84.5 Å². The third kappa shape index (κ3) is 3.37. The molecule has 0 spiro atoms. The quantitative estimate of drug-likeness (QED) is 0.672. The van der Waals surface area contributed by atoms with Gasteiger partial charge in [0.25, 0.3) is 0 Å². The minimum Gasteiger partial charge on any atom is -0.491 e. The molecule has 0 aliphatic heterocycles. The lowest BCUT2D eigenvalue weighted by Crippen LogP contribution is -2.06. The Morgan fingerprint density at radius 1 is 1.22 bits per heavy atom. The molecule has 0 atom stereocenters. The lowest BCUT2D eigenvalue weighted by atomic mass is 10.0. The maximum atomic E-state index is 11.1. The molecule has 0 aliphatic carbocycles. The zero-order valence-corrected chi connectivity index (χ0v) is 15.4. The Hall–Kier alpha value is -3.30. The molecule has 1 aromatic heterocycles. The van der Waals surface area contributed by atoms with Crippen molar-refractivity contribution in [3.63, 3.8) is 0 Å². The number of aromatic nitrogens is 1. The van der Waals surface area contributed by atoms with Crippen LogP contribution in [0.5, 0.6) is 5.75 Å². The molecule has 1 N–H and O–H groups in total. The summed E-state index contributed by atoms with van der Waals surface area (Å²) in [5.41, 5.74) is 4.29. The molecule has 0 amide bonds. The van der Waals surface area contributed by atoms with Crippen LogP contribution in [0.3, 0.4) is 0 Å². The van der Waals surface area contributed by atoms with Crippen molar-refractivity contribution >= 4 is 16.9 Å². The number of ether oxygens (including phenoxy) is 2. The molecular weight excluding hydrogens is 344 g/mol. The lowest BCUT2D eigenvalue weighted by molar-refractivity contribution is 0.0697. The lowest BCUT2D eigenvalue weighted by Gasteiger charge is -2.14. The predicted molar refractivity (Wildman–Crippen MR) is 102 cm³/mol. The van der Waals surface area contributed by atoms with Crippen LogP contribution in [0.15, 0.2) is 36.5 Å². The van der Waals surface area contributed by atoms with E-state index in [4.69, 9.17) is 14.6 Å². The van der Waals surface area contributed by atoms with Crippen LogP contribution >= 0.6 is 0 Å². The first-order valence-corrected chi connectivity index (χ1v) is 8.48. The molecule has 0 aliphatic rings. The van der Waals surface area contributed by atoms with Gasteiger partial charge in [-0.25, -0.2) is 4.79 Å². The number of carbonyl (C=O) groups is 1. The van der Waals surface area contributed by atoms with E-state index in [0.717, 1.165) is 33.5 Å². The van der Waals surface area contributed by atoms with Crippen molar-refractivity contribution in [3.8, 4) is 17.5 Å². The van der Waals surface area contributed by atoms with Gasteiger partial charge in [0.05, 0.1) is 23.3 Å². The van der Waals surface area contributed by atoms with Crippen LogP contribution in [0.2, 0.25) is 0 Å². The van der Waals surface area contributed by atoms with Crippen LogP contribution in [0.1, 0.15) is 27.0 Å². The summed E-state index contributed by atoms with van der Waals surface area (Å²) in [5.74, 6) is -0.212. The molecule has 27 heavy (non-hydrogen) atoms. The average molecular weight is 364 g/mol. The van der Waals surface area contributed by atoms with Crippen molar-refractivity contribution in [2.75, 3.05) is 20.3 Å². The number of benzene rings is 2. The summed E-state index contributed by atoms with van der Waals surface area (Å²) in [6.07, 6.45) is 1.77. The number of carboxylic acids is 1. The highest BCUT2D eigenvalue weighted by molar-refractivity contribution is 5.93. The highest BCUT2D eigenvalue weighted by Gasteiger charge is 2.17. The van der Waals surface area contributed by atoms with Gasteiger partial charge < -0.3 is 19.1 Å². The molecule has 0 bridgehead atoms. The molecular formula is C21H20N2O4. The molecule has 6 nitrogen and oxygen atoms in total. The SMILES string of the molecule is COCCOc1c(C)cc2c(c(C#N)cn2-c2ccc(C(=O)O)cc2)c1C. The van der Waals surface area contributed by atoms with Gasteiger partial charge in [-0.2, -0.15) is 5.26 Å². The fourth-order valence-corrected chi connectivity index (χ4v) is 3.25. The molecule has 6 heteroatoms. The van der Waals surface area contributed by atoms with Gasteiger partial charge in [0.1, 0.15) is 18.4 Å². The van der Waals surface area contributed by atoms with E-state index in [2.05, 4.69) is 6.07 Å². The van der Waals surface area contributed by atoms with E-state index >= 15 is 0 Å². The van der Waals surface area contributed by atoms with Gasteiger partial charge in [-0.05, 0) is 49.7 Å². The van der Waals surface area contributed by atoms with Gasteiger partial charge >= 0.3 is 5.97 Å². The van der Waals surface area contributed by atoms with Crippen LogP contribution in [-0.4, -0.2) is 36.0 Å². The number of aryl methyl sites for hydroxylation is 2. The standard InChI is InChI=1S/C21H20N2O4/c1-13-10-18-19(14(2)20(13)27-9-8-26-3)16(11-22)12-23(18)17-6-4-15(5-7-17)21(24)25/h4-7,10,12H,8-9H2,1-3H3,(H,24,25). The molecule has 2 aromatic carbocycles. The van der Waals surface area contributed by atoms with Crippen LogP contribution < -0.4 is 4.74 Å². The molecule has 3 rings (SSSR count). The van der Waals surface area contributed by atoms with E-state index in [-0.39, 0.29) is 5.56 Å². The fraction of sp³-hybridized carbons (Fsp3) is 0.238. The minimum absolute atomic E-state index is 0.219. The van der Waals surface area contributed by atoms with E-state index in [0.29, 0.717) is 18.8 Å². The first-order chi connectivity index (χ1) is 13.0. The maximum absolute atomic E-state index is 11.1. The van der Waals surface area contributed by atoms with Crippen molar-refractivity contribution in [1.82, 2.24) is 4.57 Å². The first-order valence-electron chi connectivity index (χ1n) is 8.48. The van der Waals surface area contributed by atoms with Crippen molar-refractivity contribution in [2.24, 2.45) is 0 Å². The molecule has 0 radical (unpaired) electrons. The number of fused-ring (bicyclic) bond motifs is 1. The van der Waals surface area contributed by atoms with E-state index < -0.39 is 5.97 Å². The Balaban J connectivity index is 2.16. The summed E-state index contributed by atoms with van der Waals surface area (Å²) in [6, 6.07) is 10.8. The Kier molecular flexibility index (Phi) is 5.15. The minimum atomic E-state index is -0.971. The van der Waals surface area contributed by atoms with Crippen molar-refractivity contribution < 1.29 is 19.4 Å². The predicted octanol–water partition coefficient (Wildman–Crippen LogP) is 3.84. The van der Waals surface area contributed by atoms with E-state index in [1.165, 1.54) is 0 Å². The van der Waals surface area contributed by atoms with E-state index in [1.807, 2.05) is 24.5 Å². The number of nitrogens with zero attached hydrogens (tertiary/aromatic N) is 2. The summed E-state index contributed by atoms with van der Waals surface area (Å²) in [7, 11) is 1.62. The molecule has 1 heterocycles. The second-order valence-corrected chi connectivity index (χ2v) is 6.26. The van der Waals surface area contributed by atoms with E-state index in [1.54, 1.807) is 37.6 Å². The fourth-order valence-electron chi connectivity index (χ4n) is 3.25. The summed E-state index contributed by atoms with van der Waals surface area (Å²) in [5, 5.41) is 19.5. The average Bonchev–Trinajstić information content (AvgIpc) is 3.03. The number of hydrogen-bond donors (Lipinski definition) is 1. The molecule has 3 aromatic rings. The molecule has 0 unspecified atom stereocenters. The highest BCUT2D eigenvalue weighted by atomic mass is 16.5. The van der Waals surface area contributed by atoms with Crippen molar-refractivity contribution in [3.05, 3.63) is 58.8 Å². The van der Waals surface area contributed by atoms with Crippen LogP contribution in [0.25, 0.3) is 16.6 Å². The third-order valence-electron chi connectivity index (χ3n) is 4.52. The number of carboxylic acid groups (broad SMARTS) is 1. The monoisotopic (exact) mass is 364 g/mol. The zero-order valence-electron chi connectivity index (χ0n) is 15.4. The third-order valence-corrected chi connectivity index (χ3v) is 4.52. The van der Waals surface area contributed by atoms with Gasteiger partial charge in [0.15, 0.2) is 0 Å². The summed E-state index contributed by atoms with van der Waals surface area (Å²) in [6.45, 7) is 4.82. The number of hydrogen-bond acceptors (Lipinski definition) is 4. The number of methoxy groups -OCH3 is 1. The molecule has 0 saturated carbocycles. The van der Waals surface area contributed by atoms with Crippen molar-refractivity contribution in [2.45, 2.75) is 13.8 Å². The van der Waals surface area contributed by atoms with Crippen molar-refractivity contribution in [1.29, 1.82) is 5.26 Å². The zero-order chi connectivity index (χ0) is 19.6. The second-order valence-electron chi connectivity index (χ2n) is 6.26. The second kappa shape index (κ2) is 7.52. The summed E-state index contributed by atoms with van der Waals surface area (Å²) in [4.78, 5) is 11.1. The van der Waals surface area contributed by atoms with Gasteiger partial charge in [-0.1, -0.05) is 0 Å². The molecule has 0 saturated heterocycles. The summed E-state index contributed by atoms with van der Waals surface area (Å²) >= 11 is 0. The van der Waals surface area contributed by atoms with Crippen LogP contribution in [0.4, 0.5) is 0 Å². The molecule has 0 fully saturated rings. The van der Waals surface area contributed by atoms with Gasteiger partial charge in [-0.15, -0.1) is 0 Å². The highest BCUT2D eigenvalue weighted by Crippen LogP contribution is 2.35. The van der Waals surface area contributed by atoms with Gasteiger partial charge in [-0.3, -0.25) is 0 Å². The van der Waals surface area contributed by atoms with E-state index in [9.17, 15) is 10.1 Å². The largest absolute Gasteiger partial charge is 0.491 e. The van der Waals surface area contributed by atoms with Crippen LogP contribution in [-0.2, 0) is 4.74 Å². The number of nitriles is 1. The van der Waals surface area contributed by atoms with Crippen LogP contribution in [0, 0.1) is 25.2 Å². The smallest absolute Gasteiger partial charge is 0.335 e. The first kappa shape index (κ1) is 18.5.